The third-order valence-electron chi connectivity index (χ3n) is 3.15. The van der Waals surface area contributed by atoms with Gasteiger partial charge in [-0.25, -0.2) is 10.1 Å². The molecule has 0 unspecified atom stereocenters. The second kappa shape index (κ2) is 6.78. The standard InChI is InChI=1S/C14H13N9O2/c1-9-7-10(2)22(21-9)14-19-17-13(18-20-14)16-15-8-11-3-5-12(6-4-11)23(24)25/h3-8H,1-2H3,(H,16,17,18). The zero-order valence-electron chi connectivity index (χ0n) is 13.4. The molecule has 11 nitrogen and oxygen atoms in total. The highest BCUT2D eigenvalue weighted by Crippen LogP contribution is 2.10. The van der Waals surface area contributed by atoms with Crippen molar-refractivity contribution in [1.82, 2.24) is 30.2 Å². The van der Waals surface area contributed by atoms with Gasteiger partial charge in [-0.05, 0) is 37.6 Å². The third kappa shape index (κ3) is 3.77. The molecule has 2 aromatic heterocycles. The highest BCUT2D eigenvalue weighted by molar-refractivity contribution is 5.80. The molecule has 0 saturated carbocycles. The molecule has 0 aliphatic rings. The van der Waals surface area contributed by atoms with Crippen molar-refractivity contribution in [3.63, 3.8) is 0 Å². The fourth-order valence-electron chi connectivity index (χ4n) is 2.03. The smallest absolute Gasteiger partial charge is 0.258 e. The molecular formula is C14H13N9O2. The number of benzene rings is 1. The van der Waals surface area contributed by atoms with Crippen LogP contribution in [-0.2, 0) is 0 Å². The molecule has 1 N–H and O–H groups in total. The Morgan fingerprint density at radius 2 is 1.84 bits per heavy atom. The van der Waals surface area contributed by atoms with E-state index in [0.717, 1.165) is 11.4 Å². The number of hydrogen-bond acceptors (Lipinski definition) is 9. The van der Waals surface area contributed by atoms with Gasteiger partial charge in [0.2, 0.25) is 0 Å². The SMILES string of the molecule is Cc1cc(C)n(-c2nnc(NN=Cc3ccc([N+](=O)[O-])cc3)nn2)n1. The van der Waals surface area contributed by atoms with Crippen LogP contribution in [0.5, 0.6) is 0 Å². The number of anilines is 1. The summed E-state index contributed by atoms with van der Waals surface area (Å²) in [6.45, 7) is 3.75. The summed E-state index contributed by atoms with van der Waals surface area (Å²) in [5, 5.41) is 34.4. The Labute approximate surface area is 141 Å². The van der Waals surface area contributed by atoms with Crippen molar-refractivity contribution in [2.45, 2.75) is 13.8 Å². The highest BCUT2D eigenvalue weighted by atomic mass is 16.6. The highest BCUT2D eigenvalue weighted by Gasteiger charge is 2.08. The van der Waals surface area contributed by atoms with Crippen molar-refractivity contribution < 1.29 is 4.92 Å². The number of nitrogens with one attached hydrogen (secondary N) is 1. The first-order valence-electron chi connectivity index (χ1n) is 7.17. The number of rotatable bonds is 5. The quantitative estimate of drug-likeness (QED) is 0.418. The molecule has 126 valence electrons. The minimum atomic E-state index is -0.464. The van der Waals surface area contributed by atoms with Gasteiger partial charge in [-0.2, -0.15) is 10.2 Å². The van der Waals surface area contributed by atoms with Crippen LogP contribution in [-0.4, -0.2) is 41.3 Å². The first-order valence-corrected chi connectivity index (χ1v) is 7.17. The number of nitro groups is 1. The van der Waals surface area contributed by atoms with E-state index in [1.807, 2.05) is 19.9 Å². The number of hydrazone groups is 1. The molecular weight excluding hydrogens is 326 g/mol. The van der Waals surface area contributed by atoms with Crippen molar-refractivity contribution in [1.29, 1.82) is 0 Å². The second-order valence-electron chi connectivity index (χ2n) is 5.08. The maximum Gasteiger partial charge on any atom is 0.289 e. The summed E-state index contributed by atoms with van der Waals surface area (Å²) in [5.74, 6) is 0.374. The average Bonchev–Trinajstić information content (AvgIpc) is 2.94. The lowest BCUT2D eigenvalue weighted by molar-refractivity contribution is -0.384. The Kier molecular flexibility index (Phi) is 4.37. The molecule has 0 aliphatic carbocycles. The molecule has 0 bridgehead atoms. The average molecular weight is 339 g/mol. The normalized spacial score (nSPS) is 11.0. The van der Waals surface area contributed by atoms with Crippen molar-refractivity contribution in [3.8, 4) is 5.95 Å². The first-order chi connectivity index (χ1) is 12.0. The topological polar surface area (TPSA) is 137 Å². The van der Waals surface area contributed by atoms with E-state index in [1.54, 1.807) is 16.8 Å². The lowest BCUT2D eigenvalue weighted by Gasteiger charge is -2.01. The fourth-order valence-corrected chi connectivity index (χ4v) is 2.03. The van der Waals surface area contributed by atoms with Gasteiger partial charge < -0.3 is 0 Å². The summed E-state index contributed by atoms with van der Waals surface area (Å²) in [4.78, 5) is 10.1. The van der Waals surface area contributed by atoms with Crippen LogP contribution in [0, 0.1) is 24.0 Å². The van der Waals surface area contributed by atoms with E-state index in [-0.39, 0.29) is 17.6 Å². The van der Waals surface area contributed by atoms with Gasteiger partial charge >= 0.3 is 0 Å². The number of nitrogens with zero attached hydrogens (tertiary/aromatic N) is 8. The van der Waals surface area contributed by atoms with Gasteiger partial charge in [-0.15, -0.1) is 20.4 Å². The van der Waals surface area contributed by atoms with Gasteiger partial charge in [0.05, 0.1) is 16.8 Å². The van der Waals surface area contributed by atoms with E-state index >= 15 is 0 Å². The molecule has 1 aromatic carbocycles. The predicted octanol–water partition coefficient (Wildman–Crippen LogP) is 1.42. The van der Waals surface area contributed by atoms with E-state index in [9.17, 15) is 10.1 Å². The Morgan fingerprint density at radius 3 is 2.40 bits per heavy atom. The molecule has 0 fully saturated rings. The van der Waals surface area contributed by atoms with E-state index in [1.165, 1.54) is 18.3 Å². The molecule has 3 aromatic rings. The van der Waals surface area contributed by atoms with Crippen molar-refractivity contribution in [2.24, 2.45) is 5.10 Å². The number of aryl methyl sites for hydroxylation is 2. The Bertz CT molecular complexity index is 916. The van der Waals surface area contributed by atoms with Gasteiger partial charge in [-0.3, -0.25) is 10.1 Å². The van der Waals surface area contributed by atoms with Crippen LogP contribution in [0.3, 0.4) is 0 Å². The zero-order valence-corrected chi connectivity index (χ0v) is 13.4. The van der Waals surface area contributed by atoms with Crippen molar-refractivity contribution in [3.05, 3.63) is 57.4 Å². The van der Waals surface area contributed by atoms with Gasteiger partial charge in [0.15, 0.2) is 0 Å². The molecule has 0 amide bonds. The lowest BCUT2D eigenvalue weighted by Crippen LogP contribution is -2.10. The van der Waals surface area contributed by atoms with Crippen LogP contribution in [0.4, 0.5) is 11.6 Å². The van der Waals surface area contributed by atoms with Gasteiger partial charge in [0, 0.05) is 17.8 Å². The molecule has 3 rings (SSSR count). The molecule has 0 spiro atoms. The van der Waals surface area contributed by atoms with E-state index < -0.39 is 4.92 Å². The largest absolute Gasteiger partial charge is 0.289 e. The molecule has 25 heavy (non-hydrogen) atoms. The van der Waals surface area contributed by atoms with E-state index in [4.69, 9.17) is 0 Å². The summed E-state index contributed by atoms with van der Waals surface area (Å²) in [5.41, 5.74) is 5.00. The summed E-state index contributed by atoms with van der Waals surface area (Å²) >= 11 is 0. The maximum absolute atomic E-state index is 10.6. The van der Waals surface area contributed by atoms with Crippen LogP contribution in [0.2, 0.25) is 0 Å². The summed E-state index contributed by atoms with van der Waals surface area (Å²) in [6.07, 6.45) is 1.47. The Morgan fingerprint density at radius 1 is 1.16 bits per heavy atom. The monoisotopic (exact) mass is 339 g/mol. The number of nitro benzene ring substituents is 1. The summed E-state index contributed by atoms with van der Waals surface area (Å²) in [7, 11) is 0. The molecule has 0 radical (unpaired) electrons. The van der Waals surface area contributed by atoms with Crippen LogP contribution in [0.15, 0.2) is 35.4 Å². The molecule has 2 heterocycles. The van der Waals surface area contributed by atoms with Crippen LogP contribution in [0.25, 0.3) is 5.95 Å². The zero-order chi connectivity index (χ0) is 17.8. The molecule has 0 aliphatic heterocycles. The molecule has 0 saturated heterocycles. The summed E-state index contributed by atoms with van der Waals surface area (Å²) < 4.78 is 1.54. The lowest BCUT2D eigenvalue weighted by atomic mass is 10.2. The van der Waals surface area contributed by atoms with E-state index in [2.05, 4.69) is 36.0 Å². The number of hydrogen-bond donors (Lipinski definition) is 1. The van der Waals surface area contributed by atoms with Crippen LogP contribution < -0.4 is 5.43 Å². The fraction of sp³-hybridized carbons (Fsp3) is 0.143. The van der Waals surface area contributed by atoms with Crippen LogP contribution >= 0.6 is 0 Å². The van der Waals surface area contributed by atoms with Gasteiger partial charge in [0.25, 0.3) is 17.6 Å². The molecule has 0 atom stereocenters. The van der Waals surface area contributed by atoms with Crippen molar-refractivity contribution in [2.75, 3.05) is 5.43 Å². The third-order valence-corrected chi connectivity index (χ3v) is 3.15. The molecule has 11 heteroatoms. The Hall–Kier alpha value is -3.76. The predicted molar refractivity (Wildman–Crippen MR) is 88.5 cm³/mol. The van der Waals surface area contributed by atoms with Gasteiger partial charge in [-0.1, -0.05) is 0 Å². The summed E-state index contributed by atoms with van der Waals surface area (Å²) in [6, 6.07) is 7.83. The maximum atomic E-state index is 10.6. The second-order valence-corrected chi connectivity index (χ2v) is 5.08. The van der Waals surface area contributed by atoms with Crippen LogP contribution in [0.1, 0.15) is 17.0 Å². The van der Waals surface area contributed by atoms with Crippen molar-refractivity contribution >= 4 is 17.9 Å². The minimum absolute atomic E-state index is 0.0154. The number of non-ortho nitro benzene ring substituents is 1. The van der Waals surface area contributed by atoms with Gasteiger partial charge in [0.1, 0.15) is 0 Å². The minimum Gasteiger partial charge on any atom is -0.258 e. The first kappa shape index (κ1) is 16.1. The number of aromatic nitrogens is 6. The Balaban J connectivity index is 1.65. The van der Waals surface area contributed by atoms with E-state index in [0.29, 0.717) is 5.56 Å².